The van der Waals surface area contributed by atoms with Crippen molar-refractivity contribution >= 4 is 5.69 Å². The molecule has 1 aromatic rings. The van der Waals surface area contributed by atoms with Crippen molar-refractivity contribution in [3.05, 3.63) is 29.6 Å². The molecule has 0 amide bonds. The third kappa shape index (κ3) is 2.53. The van der Waals surface area contributed by atoms with Crippen LogP contribution in [0, 0.1) is 5.82 Å². The molecule has 1 N–H and O–H groups in total. The number of benzene rings is 1. The minimum Gasteiger partial charge on any atom is -0.370 e. The number of nitrogens with one attached hydrogen (secondary N) is 1. The van der Waals surface area contributed by atoms with Gasteiger partial charge >= 0.3 is 0 Å². The number of hydrogen-bond donors (Lipinski definition) is 1. The molecule has 0 aromatic heterocycles. The lowest BCUT2D eigenvalue weighted by Crippen LogP contribution is -2.31. The molecule has 0 bridgehead atoms. The van der Waals surface area contributed by atoms with Gasteiger partial charge in [0.2, 0.25) is 0 Å². The summed E-state index contributed by atoms with van der Waals surface area (Å²) in [6.07, 6.45) is 2.20. The van der Waals surface area contributed by atoms with E-state index in [4.69, 9.17) is 0 Å². The highest BCUT2D eigenvalue weighted by Gasteiger charge is 2.18. The van der Waals surface area contributed by atoms with Crippen LogP contribution in [-0.2, 0) is 6.42 Å². The highest BCUT2D eigenvalue weighted by atomic mass is 19.1. The molecule has 1 aliphatic rings. The van der Waals surface area contributed by atoms with Crippen molar-refractivity contribution in [2.24, 2.45) is 0 Å². The molecule has 3 heteroatoms. The molecule has 0 radical (unpaired) electrons. The predicted molar refractivity (Wildman–Crippen MR) is 65.5 cm³/mol. The van der Waals surface area contributed by atoms with Crippen LogP contribution >= 0.6 is 0 Å². The molecular formula is C13H19FN2. The maximum absolute atomic E-state index is 13.1. The SMILES string of the molecule is CCCNCCN1CCc2ccc(F)cc21. The highest BCUT2D eigenvalue weighted by molar-refractivity contribution is 5.58. The van der Waals surface area contributed by atoms with Gasteiger partial charge in [0.15, 0.2) is 0 Å². The van der Waals surface area contributed by atoms with Crippen LogP contribution in [0.5, 0.6) is 0 Å². The van der Waals surface area contributed by atoms with Crippen LogP contribution in [0.3, 0.4) is 0 Å². The predicted octanol–water partition coefficient (Wildman–Crippen LogP) is 2.19. The Morgan fingerprint density at radius 2 is 2.25 bits per heavy atom. The van der Waals surface area contributed by atoms with Crippen molar-refractivity contribution in [3.8, 4) is 0 Å². The van der Waals surface area contributed by atoms with Crippen molar-refractivity contribution in [1.29, 1.82) is 0 Å². The Morgan fingerprint density at radius 3 is 3.06 bits per heavy atom. The lowest BCUT2D eigenvalue weighted by atomic mass is 10.2. The summed E-state index contributed by atoms with van der Waals surface area (Å²) in [4.78, 5) is 2.26. The molecule has 0 saturated heterocycles. The lowest BCUT2D eigenvalue weighted by Gasteiger charge is -2.19. The fraction of sp³-hybridized carbons (Fsp3) is 0.538. The maximum atomic E-state index is 13.1. The van der Waals surface area contributed by atoms with Gasteiger partial charge in [-0.1, -0.05) is 13.0 Å². The van der Waals surface area contributed by atoms with Crippen LogP contribution in [0.2, 0.25) is 0 Å². The Labute approximate surface area is 96.5 Å². The highest BCUT2D eigenvalue weighted by Crippen LogP contribution is 2.27. The Kier molecular flexibility index (Phi) is 3.78. The van der Waals surface area contributed by atoms with Crippen LogP contribution in [-0.4, -0.2) is 26.2 Å². The zero-order chi connectivity index (χ0) is 11.4. The van der Waals surface area contributed by atoms with Crippen LogP contribution in [0.1, 0.15) is 18.9 Å². The van der Waals surface area contributed by atoms with Crippen LogP contribution in [0.4, 0.5) is 10.1 Å². The molecule has 2 nitrogen and oxygen atoms in total. The van der Waals surface area contributed by atoms with Gasteiger partial charge in [0.1, 0.15) is 5.82 Å². The number of halogens is 1. The van der Waals surface area contributed by atoms with E-state index >= 15 is 0 Å². The molecule has 88 valence electrons. The van der Waals surface area contributed by atoms with E-state index in [9.17, 15) is 4.39 Å². The van der Waals surface area contributed by atoms with Gasteiger partial charge in [-0.05, 0) is 37.1 Å². The Morgan fingerprint density at radius 1 is 1.38 bits per heavy atom. The average molecular weight is 222 g/mol. The summed E-state index contributed by atoms with van der Waals surface area (Å²) < 4.78 is 13.1. The molecular weight excluding hydrogens is 203 g/mol. The first kappa shape index (κ1) is 11.4. The summed E-state index contributed by atoms with van der Waals surface area (Å²) in [7, 11) is 0. The summed E-state index contributed by atoms with van der Waals surface area (Å²) in [6, 6.07) is 5.12. The molecule has 1 aliphatic heterocycles. The molecule has 0 fully saturated rings. The third-order valence-electron chi connectivity index (χ3n) is 3.02. The van der Waals surface area contributed by atoms with E-state index in [1.807, 2.05) is 6.07 Å². The van der Waals surface area contributed by atoms with E-state index in [1.54, 1.807) is 12.1 Å². The summed E-state index contributed by atoms with van der Waals surface area (Å²) in [5.74, 6) is -0.132. The molecule has 0 aliphatic carbocycles. The lowest BCUT2D eigenvalue weighted by molar-refractivity contribution is 0.626. The Balaban J connectivity index is 1.92. The van der Waals surface area contributed by atoms with Crippen molar-refractivity contribution in [2.45, 2.75) is 19.8 Å². The van der Waals surface area contributed by atoms with Crippen LogP contribution in [0.15, 0.2) is 18.2 Å². The van der Waals surface area contributed by atoms with Gasteiger partial charge in [-0.15, -0.1) is 0 Å². The summed E-state index contributed by atoms with van der Waals surface area (Å²) in [5, 5.41) is 3.37. The van der Waals surface area contributed by atoms with E-state index in [0.717, 1.165) is 44.7 Å². The maximum Gasteiger partial charge on any atom is 0.125 e. The van der Waals surface area contributed by atoms with E-state index in [-0.39, 0.29) is 5.82 Å². The first-order valence-corrected chi connectivity index (χ1v) is 6.05. The molecule has 2 rings (SSSR count). The zero-order valence-electron chi connectivity index (χ0n) is 9.80. The summed E-state index contributed by atoms with van der Waals surface area (Å²) in [5.41, 5.74) is 2.36. The van der Waals surface area contributed by atoms with E-state index in [1.165, 1.54) is 5.56 Å². The minimum absolute atomic E-state index is 0.132. The molecule has 0 unspecified atom stereocenters. The molecule has 0 saturated carbocycles. The largest absolute Gasteiger partial charge is 0.370 e. The number of anilines is 1. The smallest absolute Gasteiger partial charge is 0.125 e. The fourth-order valence-corrected chi connectivity index (χ4v) is 2.17. The first-order chi connectivity index (χ1) is 7.81. The van der Waals surface area contributed by atoms with Gasteiger partial charge in [-0.3, -0.25) is 0 Å². The molecule has 1 aromatic carbocycles. The van der Waals surface area contributed by atoms with Crippen LogP contribution in [0.25, 0.3) is 0 Å². The molecule has 1 heterocycles. The first-order valence-electron chi connectivity index (χ1n) is 6.05. The fourth-order valence-electron chi connectivity index (χ4n) is 2.17. The van der Waals surface area contributed by atoms with Gasteiger partial charge in [-0.25, -0.2) is 4.39 Å². The number of rotatable bonds is 5. The van der Waals surface area contributed by atoms with Crippen molar-refractivity contribution in [3.63, 3.8) is 0 Å². The topological polar surface area (TPSA) is 15.3 Å². The van der Waals surface area contributed by atoms with Gasteiger partial charge < -0.3 is 10.2 Å². The average Bonchev–Trinajstić information content (AvgIpc) is 2.67. The standard InChI is InChI=1S/C13H19FN2/c1-2-6-15-7-9-16-8-5-11-3-4-12(14)10-13(11)16/h3-4,10,15H,2,5-9H2,1H3. The van der Waals surface area contributed by atoms with E-state index in [0.29, 0.717) is 0 Å². The van der Waals surface area contributed by atoms with Gasteiger partial charge in [0.05, 0.1) is 0 Å². The molecule has 0 spiro atoms. The van der Waals surface area contributed by atoms with Gasteiger partial charge in [0, 0.05) is 25.3 Å². The quantitative estimate of drug-likeness (QED) is 0.768. The molecule has 0 atom stereocenters. The van der Waals surface area contributed by atoms with Gasteiger partial charge in [-0.2, -0.15) is 0 Å². The van der Waals surface area contributed by atoms with Gasteiger partial charge in [0.25, 0.3) is 0 Å². The van der Waals surface area contributed by atoms with Crippen molar-refractivity contribution in [2.75, 3.05) is 31.1 Å². The van der Waals surface area contributed by atoms with Crippen LogP contribution < -0.4 is 10.2 Å². The zero-order valence-corrected chi connectivity index (χ0v) is 9.80. The Hall–Kier alpha value is -1.09. The van der Waals surface area contributed by atoms with Crippen molar-refractivity contribution in [1.82, 2.24) is 5.32 Å². The summed E-state index contributed by atoms with van der Waals surface area (Å²) >= 11 is 0. The normalized spacial score (nSPS) is 14.2. The number of nitrogens with zero attached hydrogens (tertiary/aromatic N) is 1. The number of hydrogen-bond acceptors (Lipinski definition) is 2. The minimum atomic E-state index is -0.132. The Bertz CT molecular complexity index is 352. The second-order valence-corrected chi connectivity index (χ2v) is 4.26. The molecule has 16 heavy (non-hydrogen) atoms. The van der Waals surface area contributed by atoms with Crippen molar-refractivity contribution < 1.29 is 4.39 Å². The van der Waals surface area contributed by atoms with E-state index < -0.39 is 0 Å². The third-order valence-corrected chi connectivity index (χ3v) is 3.02. The second kappa shape index (κ2) is 5.30. The summed E-state index contributed by atoms with van der Waals surface area (Å²) in [6.45, 7) is 6.18. The second-order valence-electron chi connectivity index (χ2n) is 4.26. The number of fused-ring (bicyclic) bond motifs is 1. The monoisotopic (exact) mass is 222 g/mol. The van der Waals surface area contributed by atoms with E-state index in [2.05, 4.69) is 17.1 Å².